The summed E-state index contributed by atoms with van der Waals surface area (Å²) in [6, 6.07) is 16.1. The first-order valence-electron chi connectivity index (χ1n) is 11.3. The number of aromatic nitrogens is 1. The average molecular weight is 444 g/mol. The van der Waals surface area contributed by atoms with Crippen LogP contribution in [0.1, 0.15) is 24.0 Å². The Bertz CT molecular complexity index is 1210. The van der Waals surface area contributed by atoms with Gasteiger partial charge in [-0.3, -0.25) is 4.98 Å². The smallest absolute Gasteiger partial charge is 0.283 e. The van der Waals surface area contributed by atoms with Crippen LogP contribution in [-0.4, -0.2) is 37.4 Å². The van der Waals surface area contributed by atoms with Gasteiger partial charge in [-0.15, -0.1) is 0 Å². The largest absolute Gasteiger partial charge is 0.493 e. The van der Waals surface area contributed by atoms with Crippen molar-refractivity contribution < 1.29 is 18.9 Å². The third-order valence-corrected chi connectivity index (χ3v) is 6.59. The molecule has 1 saturated heterocycles. The summed E-state index contributed by atoms with van der Waals surface area (Å²) in [6.45, 7) is 2.58. The van der Waals surface area contributed by atoms with E-state index in [0.29, 0.717) is 19.1 Å². The molecule has 168 valence electrons. The van der Waals surface area contributed by atoms with E-state index in [9.17, 15) is 0 Å². The van der Waals surface area contributed by atoms with E-state index < -0.39 is 5.54 Å². The van der Waals surface area contributed by atoms with E-state index in [1.54, 1.807) is 6.20 Å². The van der Waals surface area contributed by atoms with Crippen LogP contribution in [-0.2, 0) is 15.0 Å². The van der Waals surface area contributed by atoms with Gasteiger partial charge < -0.3 is 24.7 Å². The molecule has 3 aliphatic rings. The topological polar surface area (TPSA) is 88.2 Å². The van der Waals surface area contributed by atoms with Gasteiger partial charge >= 0.3 is 0 Å². The monoisotopic (exact) mass is 443 g/mol. The molecule has 0 saturated carbocycles. The minimum Gasteiger partial charge on any atom is -0.493 e. The maximum Gasteiger partial charge on any atom is 0.283 e. The van der Waals surface area contributed by atoms with Crippen LogP contribution in [0.15, 0.2) is 65.9 Å². The molecule has 7 nitrogen and oxygen atoms in total. The lowest BCUT2D eigenvalue weighted by molar-refractivity contribution is 0.0497. The SMILES string of the molecule is NC1=N[C@]2(CO1)c1cc(OCC3CCOCC3)ccc1Oc1ccc(-c3cccnc3)cc12. The fraction of sp³-hybridized carbons (Fsp3) is 0.308. The predicted molar refractivity (Wildman–Crippen MR) is 124 cm³/mol. The molecule has 0 amide bonds. The maximum atomic E-state index is 6.29. The molecule has 1 atom stereocenters. The van der Waals surface area contributed by atoms with Crippen LogP contribution in [0.2, 0.25) is 0 Å². The molecule has 33 heavy (non-hydrogen) atoms. The van der Waals surface area contributed by atoms with Crippen LogP contribution in [0.25, 0.3) is 11.1 Å². The molecule has 6 rings (SSSR count). The third kappa shape index (κ3) is 3.58. The van der Waals surface area contributed by atoms with E-state index in [1.165, 1.54) is 0 Å². The van der Waals surface area contributed by atoms with Crippen molar-refractivity contribution in [2.24, 2.45) is 16.6 Å². The normalized spacial score (nSPS) is 21.5. The summed E-state index contributed by atoms with van der Waals surface area (Å²) < 4.78 is 23.6. The molecule has 2 N–H and O–H groups in total. The number of pyridine rings is 1. The summed E-state index contributed by atoms with van der Waals surface area (Å²) in [6.07, 6.45) is 5.66. The number of aliphatic imine (C=N–C) groups is 1. The van der Waals surface area contributed by atoms with Crippen molar-refractivity contribution in [1.29, 1.82) is 0 Å². The van der Waals surface area contributed by atoms with E-state index in [0.717, 1.165) is 65.6 Å². The molecule has 0 radical (unpaired) electrons. The zero-order chi connectivity index (χ0) is 22.3. The summed E-state index contributed by atoms with van der Waals surface area (Å²) in [4.78, 5) is 9.05. The first-order chi connectivity index (χ1) is 16.2. The van der Waals surface area contributed by atoms with Crippen LogP contribution in [0.3, 0.4) is 0 Å². The van der Waals surface area contributed by atoms with E-state index >= 15 is 0 Å². The van der Waals surface area contributed by atoms with Gasteiger partial charge in [0.05, 0.1) is 6.61 Å². The second-order valence-corrected chi connectivity index (χ2v) is 8.68. The van der Waals surface area contributed by atoms with Gasteiger partial charge in [-0.1, -0.05) is 12.1 Å². The Kier molecular flexibility index (Phi) is 4.91. The highest BCUT2D eigenvalue weighted by Crippen LogP contribution is 2.52. The van der Waals surface area contributed by atoms with Crippen molar-refractivity contribution in [3.05, 3.63) is 72.1 Å². The van der Waals surface area contributed by atoms with Gasteiger partial charge in [0, 0.05) is 42.3 Å². The molecule has 2 aromatic carbocycles. The van der Waals surface area contributed by atoms with E-state index in [2.05, 4.69) is 11.1 Å². The zero-order valence-electron chi connectivity index (χ0n) is 18.2. The second kappa shape index (κ2) is 8.08. The average Bonchev–Trinajstić information content (AvgIpc) is 3.26. The number of benzene rings is 2. The lowest BCUT2D eigenvalue weighted by Crippen LogP contribution is -2.31. The van der Waals surface area contributed by atoms with Crippen molar-refractivity contribution in [3.63, 3.8) is 0 Å². The van der Waals surface area contributed by atoms with Crippen LogP contribution in [0, 0.1) is 5.92 Å². The first kappa shape index (κ1) is 20.1. The van der Waals surface area contributed by atoms with Crippen molar-refractivity contribution >= 4 is 6.02 Å². The summed E-state index contributed by atoms with van der Waals surface area (Å²) in [5, 5.41) is 0. The highest BCUT2D eigenvalue weighted by Gasteiger charge is 2.47. The molecule has 1 fully saturated rings. The minimum absolute atomic E-state index is 0.175. The van der Waals surface area contributed by atoms with Crippen LogP contribution < -0.4 is 15.2 Å². The van der Waals surface area contributed by atoms with Crippen molar-refractivity contribution in [3.8, 4) is 28.4 Å². The Hall–Kier alpha value is -3.58. The molecule has 1 spiro atoms. The number of ether oxygens (including phenoxy) is 4. The van der Waals surface area contributed by atoms with Gasteiger partial charge in [-0.05, 0) is 60.7 Å². The Morgan fingerprint density at radius 2 is 1.82 bits per heavy atom. The van der Waals surface area contributed by atoms with Crippen molar-refractivity contribution in [1.82, 2.24) is 4.98 Å². The van der Waals surface area contributed by atoms with Gasteiger partial charge in [0.25, 0.3) is 6.02 Å². The molecule has 1 aromatic heterocycles. The third-order valence-electron chi connectivity index (χ3n) is 6.59. The van der Waals surface area contributed by atoms with Gasteiger partial charge in [0.1, 0.15) is 23.9 Å². The number of nitrogens with zero attached hydrogens (tertiary/aromatic N) is 2. The van der Waals surface area contributed by atoms with E-state index in [-0.39, 0.29) is 6.02 Å². The lowest BCUT2D eigenvalue weighted by Gasteiger charge is -2.34. The van der Waals surface area contributed by atoms with Gasteiger partial charge in [-0.2, -0.15) is 0 Å². The zero-order valence-corrected chi connectivity index (χ0v) is 18.2. The van der Waals surface area contributed by atoms with Crippen LogP contribution in [0.4, 0.5) is 0 Å². The number of nitrogens with two attached hydrogens (primary N) is 1. The Morgan fingerprint density at radius 3 is 2.58 bits per heavy atom. The molecule has 0 aliphatic carbocycles. The first-order valence-corrected chi connectivity index (χ1v) is 11.3. The number of hydrogen-bond donors (Lipinski definition) is 1. The maximum absolute atomic E-state index is 6.29. The molecule has 4 heterocycles. The predicted octanol–water partition coefficient (Wildman–Crippen LogP) is 4.25. The fourth-order valence-electron chi connectivity index (χ4n) is 4.76. The van der Waals surface area contributed by atoms with E-state index in [1.807, 2.05) is 48.7 Å². The molecule has 3 aliphatic heterocycles. The van der Waals surface area contributed by atoms with Gasteiger partial charge in [0.15, 0.2) is 5.54 Å². The van der Waals surface area contributed by atoms with Gasteiger partial charge in [0.2, 0.25) is 0 Å². The lowest BCUT2D eigenvalue weighted by atomic mass is 9.80. The summed E-state index contributed by atoms with van der Waals surface area (Å²) in [7, 11) is 0. The molecule has 0 bridgehead atoms. The van der Waals surface area contributed by atoms with Gasteiger partial charge in [-0.25, -0.2) is 4.99 Å². The molecule has 0 unspecified atom stereocenters. The number of fused-ring (bicyclic) bond motifs is 4. The summed E-state index contributed by atoms with van der Waals surface area (Å²) in [5.41, 5.74) is 9.10. The van der Waals surface area contributed by atoms with Crippen LogP contribution in [0.5, 0.6) is 17.2 Å². The quantitative estimate of drug-likeness (QED) is 0.649. The Labute approximate surface area is 192 Å². The number of amidine groups is 1. The Morgan fingerprint density at radius 1 is 1.00 bits per heavy atom. The van der Waals surface area contributed by atoms with Crippen LogP contribution >= 0.6 is 0 Å². The number of rotatable bonds is 4. The summed E-state index contributed by atoms with van der Waals surface area (Å²) >= 11 is 0. The molecule has 3 aromatic rings. The molecule has 7 heteroatoms. The standard InChI is InChI=1S/C26H25N3O4/c27-25-29-26(16-32-25)21-12-18(19-2-1-9-28-14-19)3-5-23(21)33-24-6-4-20(13-22(24)26)31-15-17-7-10-30-11-8-17/h1-6,9,12-14,17H,7-8,10-11,15-16H2,(H2,27,29)/t26-/m0/s1. The van der Waals surface area contributed by atoms with Crippen molar-refractivity contribution in [2.45, 2.75) is 18.4 Å². The van der Waals surface area contributed by atoms with E-state index in [4.69, 9.17) is 29.7 Å². The highest BCUT2D eigenvalue weighted by atomic mass is 16.5. The number of hydrogen-bond acceptors (Lipinski definition) is 7. The molecular formula is C26H25N3O4. The minimum atomic E-state index is -0.788. The Balaban J connectivity index is 1.39. The van der Waals surface area contributed by atoms with Crippen molar-refractivity contribution in [2.75, 3.05) is 26.4 Å². The fourth-order valence-corrected chi connectivity index (χ4v) is 4.76. The highest BCUT2D eigenvalue weighted by molar-refractivity contribution is 5.78. The molecular weight excluding hydrogens is 418 g/mol. The second-order valence-electron chi connectivity index (χ2n) is 8.68. The summed E-state index contributed by atoms with van der Waals surface area (Å²) in [5.74, 6) is 2.77.